The lowest BCUT2D eigenvalue weighted by Gasteiger charge is -2.21. The Hall–Kier alpha value is -6.31. The molecule has 1 aliphatic carbocycles. The molecule has 9 aromatic rings. The van der Waals surface area contributed by atoms with Gasteiger partial charge in [-0.05, 0) is 70.8 Å². The van der Waals surface area contributed by atoms with Crippen molar-refractivity contribution in [1.29, 1.82) is 0 Å². The molecule has 0 N–H and O–H groups in total. The Morgan fingerprint density at radius 2 is 1.12 bits per heavy atom. The van der Waals surface area contributed by atoms with Crippen molar-refractivity contribution in [2.45, 2.75) is 19.3 Å². The largest absolute Gasteiger partial charge is 0.436 e. The minimum Gasteiger partial charge on any atom is -0.436 e. The number of oxazole rings is 1. The van der Waals surface area contributed by atoms with E-state index in [1.165, 1.54) is 22.3 Å². The summed E-state index contributed by atoms with van der Waals surface area (Å²) < 4.78 is 7.41. The van der Waals surface area contributed by atoms with Gasteiger partial charge in [0.2, 0.25) is 5.89 Å². The van der Waals surface area contributed by atoms with Crippen LogP contribution >= 0.6 is 11.3 Å². The molecule has 7 heteroatoms. The molecular formula is C44H29N5OS. The van der Waals surface area contributed by atoms with Gasteiger partial charge in [0.05, 0.1) is 10.2 Å². The fourth-order valence-corrected chi connectivity index (χ4v) is 8.16. The van der Waals surface area contributed by atoms with Gasteiger partial charge in [-0.2, -0.15) is 0 Å². The molecule has 242 valence electrons. The third kappa shape index (κ3) is 4.96. The minimum absolute atomic E-state index is 0.0912. The highest BCUT2D eigenvalue weighted by Crippen LogP contribution is 2.49. The quantitative estimate of drug-likeness (QED) is 0.181. The van der Waals surface area contributed by atoms with Crippen molar-refractivity contribution in [3.05, 3.63) is 151 Å². The fourth-order valence-electron chi connectivity index (χ4n) is 7.20. The van der Waals surface area contributed by atoms with Crippen molar-refractivity contribution in [2.24, 2.45) is 0 Å². The Morgan fingerprint density at radius 3 is 1.94 bits per heavy atom. The molecule has 0 unspecified atom stereocenters. The van der Waals surface area contributed by atoms with Crippen LogP contribution in [0, 0.1) is 0 Å². The summed E-state index contributed by atoms with van der Waals surface area (Å²) in [5.41, 5.74) is 11.9. The highest BCUT2D eigenvalue weighted by molar-refractivity contribution is 7.21. The molecule has 0 aliphatic heterocycles. The Labute approximate surface area is 298 Å². The van der Waals surface area contributed by atoms with Crippen LogP contribution in [0.1, 0.15) is 25.0 Å². The molecule has 10 rings (SSSR count). The van der Waals surface area contributed by atoms with E-state index in [2.05, 4.69) is 80.6 Å². The Bertz CT molecular complexity index is 2640. The van der Waals surface area contributed by atoms with Crippen molar-refractivity contribution >= 4 is 32.7 Å². The normalized spacial score (nSPS) is 13.1. The molecule has 51 heavy (non-hydrogen) atoms. The van der Waals surface area contributed by atoms with Gasteiger partial charge in [-0.1, -0.05) is 105 Å². The molecule has 0 bridgehead atoms. The number of benzene rings is 6. The molecule has 6 aromatic carbocycles. The molecular weight excluding hydrogens is 647 g/mol. The van der Waals surface area contributed by atoms with Crippen LogP contribution in [0.4, 0.5) is 0 Å². The molecule has 0 fully saturated rings. The van der Waals surface area contributed by atoms with Crippen molar-refractivity contribution in [2.75, 3.05) is 0 Å². The van der Waals surface area contributed by atoms with Crippen molar-refractivity contribution in [1.82, 2.24) is 24.9 Å². The second-order valence-corrected chi connectivity index (χ2v) is 14.4. The zero-order valence-corrected chi connectivity index (χ0v) is 28.6. The second-order valence-electron chi connectivity index (χ2n) is 13.4. The van der Waals surface area contributed by atoms with Gasteiger partial charge >= 0.3 is 0 Å². The van der Waals surface area contributed by atoms with Crippen LogP contribution in [0.5, 0.6) is 0 Å². The predicted octanol–water partition coefficient (Wildman–Crippen LogP) is 11.3. The SMILES string of the molecule is CC1(C)c2ccccc2-c2cc(-c3nc(-c4ccccc4)nc(-c4cc(-c5nc6ccccc6o5)cc(-c5nc6ccccc6s5)c4)n3)ccc21. The van der Waals surface area contributed by atoms with Gasteiger partial charge in [0.1, 0.15) is 10.5 Å². The van der Waals surface area contributed by atoms with Gasteiger partial charge in [-0.25, -0.2) is 24.9 Å². The number of nitrogens with zero attached hydrogens (tertiary/aromatic N) is 5. The van der Waals surface area contributed by atoms with Gasteiger partial charge in [0.15, 0.2) is 23.1 Å². The van der Waals surface area contributed by atoms with E-state index in [0.717, 1.165) is 54.1 Å². The summed E-state index contributed by atoms with van der Waals surface area (Å²) in [7, 11) is 0. The highest BCUT2D eigenvalue weighted by atomic mass is 32.1. The van der Waals surface area contributed by atoms with Gasteiger partial charge in [0.25, 0.3) is 0 Å². The summed E-state index contributed by atoms with van der Waals surface area (Å²) >= 11 is 1.65. The highest BCUT2D eigenvalue weighted by Gasteiger charge is 2.35. The number of thiazole rings is 1. The van der Waals surface area contributed by atoms with Crippen molar-refractivity contribution in [3.8, 4) is 67.3 Å². The molecule has 0 saturated carbocycles. The summed E-state index contributed by atoms with van der Waals surface area (Å²) in [5.74, 6) is 2.29. The molecule has 3 aromatic heterocycles. The maximum Gasteiger partial charge on any atom is 0.227 e. The Kier molecular flexibility index (Phi) is 6.60. The van der Waals surface area contributed by atoms with Gasteiger partial charge in [0, 0.05) is 33.2 Å². The average molecular weight is 676 g/mol. The van der Waals surface area contributed by atoms with Crippen LogP contribution in [0.25, 0.3) is 88.6 Å². The summed E-state index contributed by atoms with van der Waals surface area (Å²) in [6.07, 6.45) is 0. The monoisotopic (exact) mass is 675 g/mol. The number of aromatic nitrogens is 5. The first-order valence-corrected chi connectivity index (χ1v) is 17.7. The lowest BCUT2D eigenvalue weighted by Crippen LogP contribution is -2.14. The standard InChI is InChI=1S/C44H29N5OS/c1-44(2)33-15-7-6-14-31(33)32-25-27(20-21-34(32)44)40-47-39(26-12-4-3-5-13-26)48-41(49-40)28-22-29(42-45-35-16-8-10-18-37(35)50-42)24-30(23-28)43-46-36-17-9-11-19-38(36)51-43/h3-25H,1-2H3. The average Bonchev–Trinajstić information content (AvgIpc) is 3.88. The van der Waals surface area contributed by atoms with E-state index in [4.69, 9.17) is 29.3 Å². The van der Waals surface area contributed by atoms with E-state index in [1.807, 2.05) is 72.8 Å². The number of hydrogen-bond acceptors (Lipinski definition) is 7. The Morgan fingerprint density at radius 1 is 0.471 bits per heavy atom. The van der Waals surface area contributed by atoms with Crippen LogP contribution in [-0.2, 0) is 5.41 Å². The lowest BCUT2D eigenvalue weighted by molar-refractivity contribution is 0.620. The van der Waals surface area contributed by atoms with Crippen molar-refractivity contribution < 1.29 is 4.42 Å². The first kappa shape index (κ1) is 29.6. The number of hydrogen-bond donors (Lipinski definition) is 0. The van der Waals surface area contributed by atoms with Gasteiger partial charge in [-0.3, -0.25) is 0 Å². The molecule has 6 nitrogen and oxygen atoms in total. The summed E-state index contributed by atoms with van der Waals surface area (Å²) in [4.78, 5) is 25.2. The molecule has 0 saturated heterocycles. The van der Waals surface area contributed by atoms with Crippen LogP contribution in [0.2, 0.25) is 0 Å². The number of rotatable bonds is 5. The second kappa shape index (κ2) is 11.4. The van der Waals surface area contributed by atoms with E-state index in [1.54, 1.807) is 11.3 Å². The molecule has 0 amide bonds. The lowest BCUT2D eigenvalue weighted by atomic mass is 9.82. The predicted molar refractivity (Wildman–Crippen MR) is 205 cm³/mol. The summed E-state index contributed by atoms with van der Waals surface area (Å²) in [6.45, 7) is 4.58. The minimum atomic E-state index is -0.0912. The van der Waals surface area contributed by atoms with Gasteiger partial charge < -0.3 is 4.42 Å². The third-order valence-corrected chi connectivity index (χ3v) is 10.9. The number of fused-ring (bicyclic) bond motifs is 5. The van der Waals surface area contributed by atoms with Crippen molar-refractivity contribution in [3.63, 3.8) is 0 Å². The first-order valence-electron chi connectivity index (χ1n) is 16.9. The molecule has 0 spiro atoms. The molecule has 1 aliphatic rings. The maximum absolute atomic E-state index is 6.29. The van der Waals surface area contributed by atoms with Crippen LogP contribution < -0.4 is 0 Å². The van der Waals surface area contributed by atoms with E-state index in [0.29, 0.717) is 23.4 Å². The third-order valence-electron chi connectivity index (χ3n) is 9.78. The Balaban J connectivity index is 1.19. The fraction of sp³-hybridized carbons (Fsp3) is 0.0682. The zero-order valence-electron chi connectivity index (χ0n) is 27.8. The van der Waals surface area contributed by atoms with Crippen LogP contribution in [0.15, 0.2) is 144 Å². The first-order chi connectivity index (χ1) is 25.0. The van der Waals surface area contributed by atoms with E-state index < -0.39 is 0 Å². The van der Waals surface area contributed by atoms with E-state index >= 15 is 0 Å². The molecule has 3 heterocycles. The maximum atomic E-state index is 6.29. The van der Waals surface area contributed by atoms with E-state index in [9.17, 15) is 0 Å². The van der Waals surface area contributed by atoms with Crippen LogP contribution in [-0.4, -0.2) is 24.9 Å². The van der Waals surface area contributed by atoms with Gasteiger partial charge in [-0.15, -0.1) is 11.3 Å². The van der Waals surface area contributed by atoms with Crippen LogP contribution in [0.3, 0.4) is 0 Å². The zero-order chi connectivity index (χ0) is 34.1. The summed E-state index contributed by atoms with van der Waals surface area (Å²) in [5, 5.41) is 0.896. The summed E-state index contributed by atoms with van der Waals surface area (Å²) in [6, 6.07) is 47.6. The smallest absolute Gasteiger partial charge is 0.227 e. The molecule has 0 atom stereocenters. The number of para-hydroxylation sites is 3. The molecule has 0 radical (unpaired) electrons. The van der Waals surface area contributed by atoms with E-state index in [-0.39, 0.29) is 5.41 Å². The topological polar surface area (TPSA) is 77.6 Å².